The topological polar surface area (TPSA) is 159 Å². The molecular weight excluding hydrogens is 734 g/mol. The van der Waals surface area contributed by atoms with Crippen molar-refractivity contribution >= 4 is 52.1 Å². The lowest BCUT2D eigenvalue weighted by Gasteiger charge is -2.36. The number of likely N-dealkylation sites (N-methyl/N-ethyl adjacent to an activating group) is 1. The number of hydrogen-bond donors (Lipinski definition) is 2. The highest BCUT2D eigenvalue weighted by atomic mass is 35.5. The minimum atomic E-state index is -0.506. The molecular formula is C41H44ClN9O5. The van der Waals surface area contributed by atoms with E-state index in [2.05, 4.69) is 42.4 Å². The molecule has 6 heterocycles. The Balaban J connectivity index is 0.857. The molecule has 3 aromatic heterocycles. The maximum atomic E-state index is 13.8. The van der Waals surface area contributed by atoms with Gasteiger partial charge in [0, 0.05) is 64.1 Å². The molecule has 15 heteroatoms. The molecule has 2 aromatic carbocycles. The van der Waals surface area contributed by atoms with Crippen molar-refractivity contribution < 1.29 is 23.9 Å². The Morgan fingerprint density at radius 3 is 2.45 bits per heavy atom. The number of ether oxygens (including phenoxy) is 1. The first kappa shape index (κ1) is 37.2. The predicted octanol–water partition coefficient (Wildman–Crippen LogP) is 5.61. The molecule has 2 N–H and O–H groups in total. The van der Waals surface area contributed by atoms with Crippen LogP contribution in [0.4, 0.5) is 5.69 Å². The van der Waals surface area contributed by atoms with Crippen molar-refractivity contribution in [2.24, 2.45) is 13.0 Å². The zero-order valence-electron chi connectivity index (χ0n) is 31.6. The molecule has 3 aliphatic rings. The fourth-order valence-corrected chi connectivity index (χ4v) is 8.40. The molecule has 3 fully saturated rings. The van der Waals surface area contributed by atoms with Crippen LogP contribution >= 0.6 is 11.6 Å². The molecule has 0 spiro atoms. The molecule has 14 nitrogen and oxygen atoms in total. The highest BCUT2D eigenvalue weighted by molar-refractivity contribution is 6.32. The van der Waals surface area contributed by atoms with Gasteiger partial charge in [-0.1, -0.05) is 23.7 Å². The third-order valence-electron chi connectivity index (χ3n) is 11.2. The molecule has 0 radical (unpaired) electrons. The van der Waals surface area contributed by atoms with Gasteiger partial charge in [0.05, 0.1) is 23.4 Å². The number of piperidine rings is 2. The number of pyridine rings is 1. The standard InChI is InChI=1S/C41H44ClN9O5/c1-24-31(23-49(3)47-24)37-45-35-36(32(42)21-43-38(35)46-37)56-29-12-8-27(9-13-29)40(54)51-18-4-5-33(51)41(55)48(2)22-25-16-19-50(20-17-25)28-10-6-26(7-11-28)30-14-15-34(52)44-39(30)53/h6-13,21,23,25,30,33H,4-5,14-20,22H2,1-3H3,(H,43,45,46)(H,44,52,53)/t30-,33-/m0/s1. The number of imide groups is 1. The molecule has 3 aliphatic heterocycles. The minimum absolute atomic E-state index is 0.0287. The number of halogens is 1. The van der Waals surface area contributed by atoms with Crippen LogP contribution in [0.1, 0.15) is 66.1 Å². The lowest BCUT2D eigenvalue weighted by molar-refractivity contribution is -0.135. The van der Waals surface area contributed by atoms with Crippen LogP contribution in [0.25, 0.3) is 22.6 Å². The molecule has 290 valence electrons. The smallest absolute Gasteiger partial charge is 0.254 e. The Morgan fingerprint density at radius 2 is 1.75 bits per heavy atom. The number of aryl methyl sites for hydroxylation is 2. The fraction of sp³-hybridized carbons (Fsp3) is 0.390. The summed E-state index contributed by atoms with van der Waals surface area (Å²) in [6, 6.07) is 14.4. The molecule has 56 heavy (non-hydrogen) atoms. The van der Waals surface area contributed by atoms with E-state index in [4.69, 9.17) is 16.3 Å². The summed E-state index contributed by atoms with van der Waals surface area (Å²) in [5.74, 6) is 0.857. The zero-order valence-corrected chi connectivity index (χ0v) is 32.4. The number of nitrogens with zero attached hydrogens (tertiary/aromatic N) is 7. The first-order valence-corrected chi connectivity index (χ1v) is 19.5. The second-order valence-corrected chi connectivity index (χ2v) is 15.5. The van der Waals surface area contributed by atoms with Crippen LogP contribution in [-0.4, -0.2) is 97.4 Å². The van der Waals surface area contributed by atoms with E-state index in [0.29, 0.717) is 77.3 Å². The van der Waals surface area contributed by atoms with E-state index in [1.165, 1.54) is 6.20 Å². The largest absolute Gasteiger partial charge is 0.453 e. The van der Waals surface area contributed by atoms with Gasteiger partial charge in [-0.15, -0.1) is 0 Å². The number of imidazole rings is 1. The van der Waals surface area contributed by atoms with Crippen molar-refractivity contribution in [3.63, 3.8) is 0 Å². The lowest BCUT2D eigenvalue weighted by Crippen LogP contribution is -2.48. The van der Waals surface area contributed by atoms with E-state index in [1.807, 2.05) is 39.3 Å². The van der Waals surface area contributed by atoms with Crippen LogP contribution < -0.4 is 15.0 Å². The first-order chi connectivity index (χ1) is 27.0. The summed E-state index contributed by atoms with van der Waals surface area (Å²) in [7, 11) is 3.69. The van der Waals surface area contributed by atoms with Crippen molar-refractivity contribution in [3.8, 4) is 22.9 Å². The quantitative estimate of drug-likeness (QED) is 0.182. The zero-order chi connectivity index (χ0) is 39.1. The van der Waals surface area contributed by atoms with E-state index in [1.54, 1.807) is 38.7 Å². The average Bonchev–Trinajstić information content (AvgIpc) is 3.94. The maximum absolute atomic E-state index is 13.8. The van der Waals surface area contributed by atoms with Gasteiger partial charge in [-0.25, -0.2) is 9.97 Å². The second-order valence-electron chi connectivity index (χ2n) is 15.0. The molecule has 5 aromatic rings. The van der Waals surface area contributed by atoms with E-state index >= 15 is 0 Å². The van der Waals surface area contributed by atoms with Crippen LogP contribution in [0.15, 0.2) is 60.9 Å². The fourth-order valence-electron chi connectivity index (χ4n) is 8.22. The van der Waals surface area contributed by atoms with E-state index in [0.717, 1.165) is 54.9 Å². The Labute approximate surface area is 329 Å². The summed E-state index contributed by atoms with van der Waals surface area (Å²) < 4.78 is 7.94. The summed E-state index contributed by atoms with van der Waals surface area (Å²) in [4.78, 5) is 69.5. The number of fused-ring (bicyclic) bond motifs is 1. The van der Waals surface area contributed by atoms with Gasteiger partial charge in [0.15, 0.2) is 11.4 Å². The van der Waals surface area contributed by atoms with Crippen molar-refractivity contribution in [2.45, 2.75) is 57.4 Å². The molecule has 0 aliphatic carbocycles. The van der Waals surface area contributed by atoms with Crippen LogP contribution in [-0.2, 0) is 21.4 Å². The molecule has 0 unspecified atom stereocenters. The van der Waals surface area contributed by atoms with E-state index < -0.39 is 6.04 Å². The number of hydrogen-bond acceptors (Lipinski definition) is 9. The van der Waals surface area contributed by atoms with E-state index in [-0.39, 0.29) is 29.5 Å². The number of aromatic nitrogens is 5. The lowest BCUT2D eigenvalue weighted by atomic mass is 9.90. The number of anilines is 1. The number of likely N-dealkylation sites (tertiary alicyclic amines) is 1. The molecule has 3 saturated heterocycles. The third-order valence-corrected chi connectivity index (χ3v) is 11.5. The number of carbonyl (C=O) groups is 4. The predicted molar refractivity (Wildman–Crippen MR) is 211 cm³/mol. The Bertz CT molecular complexity index is 2300. The third kappa shape index (κ3) is 7.45. The number of H-pyrrole nitrogens is 1. The van der Waals surface area contributed by atoms with Gasteiger partial charge >= 0.3 is 0 Å². The number of rotatable bonds is 9. The Hall–Kier alpha value is -5.76. The number of nitrogens with one attached hydrogen (secondary N) is 2. The second kappa shape index (κ2) is 15.4. The van der Waals surface area contributed by atoms with Crippen molar-refractivity contribution in [2.75, 3.05) is 38.1 Å². The van der Waals surface area contributed by atoms with Gasteiger partial charge in [0.25, 0.3) is 5.91 Å². The van der Waals surface area contributed by atoms with Crippen LogP contribution in [0.5, 0.6) is 11.5 Å². The highest BCUT2D eigenvalue weighted by Gasteiger charge is 2.37. The van der Waals surface area contributed by atoms with Gasteiger partial charge in [0.1, 0.15) is 28.2 Å². The summed E-state index contributed by atoms with van der Waals surface area (Å²) in [5.41, 5.74) is 5.15. The number of amides is 4. The number of aromatic amines is 1. The molecule has 8 rings (SSSR count). The van der Waals surface area contributed by atoms with E-state index in [9.17, 15) is 19.2 Å². The minimum Gasteiger partial charge on any atom is -0.453 e. The SMILES string of the molecule is Cc1nn(C)cc1-c1nc2ncc(Cl)c(Oc3ccc(C(=O)N4CCC[C@H]4C(=O)N(C)CC4CCN(c5ccc([C@@H]6CCC(=O)NC6=O)cc5)CC4)cc3)c2[nH]1. The van der Waals surface area contributed by atoms with Crippen molar-refractivity contribution in [1.82, 2.24) is 39.8 Å². The summed E-state index contributed by atoms with van der Waals surface area (Å²) >= 11 is 6.54. The maximum Gasteiger partial charge on any atom is 0.254 e. The van der Waals surface area contributed by atoms with Gasteiger partial charge < -0.3 is 24.4 Å². The normalized spacial score (nSPS) is 19.1. The molecule has 4 amide bonds. The molecule has 0 bridgehead atoms. The summed E-state index contributed by atoms with van der Waals surface area (Å²) in [6.45, 7) is 4.79. The monoisotopic (exact) mass is 777 g/mol. The summed E-state index contributed by atoms with van der Waals surface area (Å²) in [5, 5.41) is 7.15. The van der Waals surface area contributed by atoms with Gasteiger partial charge in [-0.3, -0.25) is 29.2 Å². The van der Waals surface area contributed by atoms with Gasteiger partial charge in [-0.05, 0) is 86.9 Å². The van der Waals surface area contributed by atoms with Crippen LogP contribution in [0.3, 0.4) is 0 Å². The highest BCUT2D eigenvalue weighted by Crippen LogP contribution is 2.37. The molecule has 2 atom stereocenters. The van der Waals surface area contributed by atoms with Gasteiger partial charge in [-0.2, -0.15) is 5.10 Å². The van der Waals surface area contributed by atoms with Crippen molar-refractivity contribution in [3.05, 3.63) is 82.8 Å². The first-order valence-electron chi connectivity index (χ1n) is 19.1. The average molecular weight is 778 g/mol. The number of carbonyl (C=O) groups excluding carboxylic acids is 4. The Morgan fingerprint density at radius 1 is 1.00 bits per heavy atom. The molecule has 0 saturated carbocycles. The van der Waals surface area contributed by atoms with Crippen molar-refractivity contribution in [1.29, 1.82) is 0 Å². The van der Waals surface area contributed by atoms with Gasteiger partial charge in [0.2, 0.25) is 17.7 Å². The Kier molecular flexibility index (Phi) is 10.2. The summed E-state index contributed by atoms with van der Waals surface area (Å²) in [6.07, 6.45) is 7.54. The van der Waals surface area contributed by atoms with Crippen LogP contribution in [0.2, 0.25) is 5.02 Å². The van der Waals surface area contributed by atoms with Crippen LogP contribution in [0, 0.1) is 12.8 Å². The number of benzene rings is 2.